The van der Waals surface area contributed by atoms with Crippen LogP contribution in [0.5, 0.6) is 0 Å². The van der Waals surface area contributed by atoms with Crippen molar-refractivity contribution in [2.24, 2.45) is 0 Å². The second-order valence-corrected chi connectivity index (χ2v) is 5.86. The highest BCUT2D eigenvalue weighted by Gasteiger charge is 2.70. The van der Waals surface area contributed by atoms with Crippen LogP contribution in [0.2, 0.25) is 0 Å². The molecule has 9 atom stereocenters. The van der Waals surface area contributed by atoms with Gasteiger partial charge in [0.25, 0.3) is 0 Å². The van der Waals surface area contributed by atoms with Crippen LogP contribution in [-0.4, -0.2) is 120 Å². The molecular weight excluding hydrogens is 320 g/mol. The first-order chi connectivity index (χ1) is 10.6. The summed E-state index contributed by atoms with van der Waals surface area (Å²) in [6, 6.07) is 0. The van der Waals surface area contributed by atoms with Gasteiger partial charge in [-0.3, -0.25) is 0 Å². The van der Waals surface area contributed by atoms with E-state index in [-0.39, 0.29) is 0 Å². The Morgan fingerprint density at radius 1 is 0.826 bits per heavy atom. The van der Waals surface area contributed by atoms with Gasteiger partial charge in [0.05, 0.1) is 19.8 Å². The Hall–Kier alpha value is -0.440. The van der Waals surface area contributed by atoms with Gasteiger partial charge >= 0.3 is 0 Å². The van der Waals surface area contributed by atoms with Crippen LogP contribution in [0.1, 0.15) is 0 Å². The average Bonchev–Trinajstić information content (AvgIpc) is 2.54. The van der Waals surface area contributed by atoms with Gasteiger partial charge in [-0.15, -0.1) is 0 Å². The van der Waals surface area contributed by atoms with Crippen LogP contribution in [-0.2, 0) is 9.47 Å². The summed E-state index contributed by atoms with van der Waals surface area (Å²) >= 11 is 0. The highest BCUT2D eigenvalue weighted by atomic mass is 16.7. The highest BCUT2D eigenvalue weighted by Crippen LogP contribution is 2.42. The van der Waals surface area contributed by atoms with Crippen molar-refractivity contribution in [1.82, 2.24) is 0 Å². The van der Waals surface area contributed by atoms with Crippen LogP contribution in [0.4, 0.5) is 0 Å². The Kier molecular flexibility index (Phi) is 5.31. The summed E-state index contributed by atoms with van der Waals surface area (Å²) in [6.45, 7) is -2.37. The fourth-order valence-electron chi connectivity index (χ4n) is 3.00. The number of aliphatic hydroxyl groups excluding tert-OH is 7. The molecule has 0 aromatic rings. The van der Waals surface area contributed by atoms with Gasteiger partial charge in [0, 0.05) is 0 Å². The van der Waals surface area contributed by atoms with Crippen molar-refractivity contribution in [1.29, 1.82) is 0 Å². The van der Waals surface area contributed by atoms with Gasteiger partial charge in [-0.1, -0.05) is 0 Å². The van der Waals surface area contributed by atoms with Crippen LogP contribution < -0.4 is 0 Å². The maximum absolute atomic E-state index is 10.6. The van der Waals surface area contributed by atoms with Gasteiger partial charge in [0.15, 0.2) is 17.5 Å². The zero-order valence-corrected chi connectivity index (χ0v) is 12.0. The number of rotatable bonds is 3. The van der Waals surface area contributed by atoms with Crippen LogP contribution in [0.25, 0.3) is 0 Å². The third-order valence-electron chi connectivity index (χ3n) is 4.60. The Labute approximate surface area is 130 Å². The van der Waals surface area contributed by atoms with E-state index in [1.165, 1.54) is 0 Å². The summed E-state index contributed by atoms with van der Waals surface area (Å²) in [5.74, 6) is 0. The third kappa shape index (κ3) is 2.58. The minimum Gasteiger partial charge on any atom is -0.394 e. The van der Waals surface area contributed by atoms with Crippen LogP contribution >= 0.6 is 0 Å². The number of aliphatic hydroxyl groups is 9. The minimum atomic E-state index is -3.04. The first kappa shape index (κ1) is 18.9. The summed E-state index contributed by atoms with van der Waals surface area (Å²) in [6.07, 6.45) is -13.2. The minimum absolute atomic E-state index is 0.691. The van der Waals surface area contributed by atoms with Crippen molar-refractivity contribution in [3.05, 3.63) is 0 Å². The first-order valence-electron chi connectivity index (χ1n) is 6.99. The SMILES string of the molecule is OCC1OC(O)C(O)([C@@]2(O)CO[C@H](CO)[C@@H](O)[C@@H]2O)C(O)C1O. The predicted octanol–water partition coefficient (Wildman–Crippen LogP) is -6.01. The Bertz CT molecular complexity index is 422. The van der Waals surface area contributed by atoms with Gasteiger partial charge in [-0.2, -0.15) is 0 Å². The highest BCUT2D eigenvalue weighted by molar-refractivity contribution is 5.17. The predicted molar refractivity (Wildman–Crippen MR) is 68.7 cm³/mol. The van der Waals surface area contributed by atoms with E-state index in [0.29, 0.717) is 0 Å². The summed E-state index contributed by atoms with van der Waals surface area (Å²) in [5, 5.41) is 89.0. The molecule has 11 heteroatoms. The summed E-state index contributed by atoms with van der Waals surface area (Å²) < 4.78 is 9.73. The number of ether oxygens (including phenoxy) is 2. The number of hydrogen-bond donors (Lipinski definition) is 9. The lowest BCUT2D eigenvalue weighted by atomic mass is 9.68. The van der Waals surface area contributed by atoms with Crippen LogP contribution in [0, 0.1) is 0 Å². The number of hydrogen-bond acceptors (Lipinski definition) is 11. The van der Waals surface area contributed by atoms with Gasteiger partial charge in [-0.25, -0.2) is 0 Å². The summed E-state index contributed by atoms with van der Waals surface area (Å²) in [4.78, 5) is 0. The molecule has 2 rings (SSSR count). The van der Waals surface area contributed by atoms with Crippen molar-refractivity contribution >= 4 is 0 Å². The largest absolute Gasteiger partial charge is 0.394 e. The van der Waals surface area contributed by atoms with Crippen molar-refractivity contribution in [2.75, 3.05) is 19.8 Å². The Morgan fingerprint density at radius 3 is 1.87 bits per heavy atom. The molecule has 2 heterocycles. The van der Waals surface area contributed by atoms with Crippen molar-refractivity contribution in [2.45, 2.75) is 54.1 Å². The quantitative estimate of drug-likeness (QED) is 0.236. The molecule has 0 amide bonds. The zero-order chi connectivity index (χ0) is 17.6. The second kappa shape index (κ2) is 6.46. The van der Waals surface area contributed by atoms with E-state index in [0.717, 1.165) is 0 Å². The van der Waals surface area contributed by atoms with Crippen molar-refractivity contribution in [3.63, 3.8) is 0 Å². The fraction of sp³-hybridized carbons (Fsp3) is 1.00. The lowest BCUT2D eigenvalue weighted by molar-refractivity contribution is -0.399. The maximum atomic E-state index is 10.6. The molecule has 2 aliphatic rings. The van der Waals surface area contributed by atoms with Gasteiger partial charge in [0.1, 0.15) is 36.6 Å². The van der Waals surface area contributed by atoms with E-state index in [9.17, 15) is 35.7 Å². The molecule has 9 N–H and O–H groups in total. The normalized spacial score (nSPS) is 54.9. The van der Waals surface area contributed by atoms with Crippen LogP contribution in [0.15, 0.2) is 0 Å². The maximum Gasteiger partial charge on any atom is 0.190 e. The molecule has 23 heavy (non-hydrogen) atoms. The average molecular weight is 342 g/mol. The van der Waals surface area contributed by atoms with E-state index < -0.39 is 73.9 Å². The molecule has 0 aliphatic carbocycles. The topological polar surface area (TPSA) is 201 Å². The van der Waals surface area contributed by atoms with Crippen LogP contribution in [0.3, 0.4) is 0 Å². The van der Waals surface area contributed by atoms with Gasteiger partial charge in [-0.05, 0) is 0 Å². The third-order valence-corrected chi connectivity index (χ3v) is 4.60. The van der Waals surface area contributed by atoms with E-state index in [4.69, 9.17) is 19.7 Å². The Morgan fingerprint density at radius 2 is 1.35 bits per heavy atom. The smallest absolute Gasteiger partial charge is 0.190 e. The summed E-state index contributed by atoms with van der Waals surface area (Å²) in [5.41, 5.74) is -5.88. The summed E-state index contributed by atoms with van der Waals surface area (Å²) in [7, 11) is 0. The molecule has 0 radical (unpaired) electrons. The van der Waals surface area contributed by atoms with Gasteiger partial charge in [0.2, 0.25) is 0 Å². The molecule has 5 unspecified atom stereocenters. The van der Waals surface area contributed by atoms with E-state index in [1.54, 1.807) is 0 Å². The molecule has 11 nitrogen and oxygen atoms in total. The van der Waals surface area contributed by atoms with Gasteiger partial charge < -0.3 is 55.4 Å². The second-order valence-electron chi connectivity index (χ2n) is 5.86. The molecule has 0 bridgehead atoms. The van der Waals surface area contributed by atoms with E-state index in [1.807, 2.05) is 0 Å². The molecule has 2 fully saturated rings. The van der Waals surface area contributed by atoms with Crippen molar-refractivity contribution < 1.29 is 55.4 Å². The molecule has 0 spiro atoms. The molecule has 2 aliphatic heterocycles. The molecule has 0 aromatic carbocycles. The molecule has 2 saturated heterocycles. The first-order valence-corrected chi connectivity index (χ1v) is 6.99. The molecule has 0 saturated carbocycles. The fourth-order valence-corrected chi connectivity index (χ4v) is 3.00. The molecule has 136 valence electrons. The molecular formula is C12H22O11. The van der Waals surface area contributed by atoms with E-state index >= 15 is 0 Å². The lowest BCUT2D eigenvalue weighted by Gasteiger charge is -2.56. The monoisotopic (exact) mass is 342 g/mol. The molecule has 0 aromatic heterocycles. The zero-order valence-electron chi connectivity index (χ0n) is 12.0. The lowest BCUT2D eigenvalue weighted by Crippen LogP contribution is -2.82. The Balaban J connectivity index is 2.37. The van der Waals surface area contributed by atoms with E-state index in [2.05, 4.69) is 0 Å². The van der Waals surface area contributed by atoms with Crippen molar-refractivity contribution in [3.8, 4) is 0 Å². The standard InChI is InChI=1S/C12H22O11/c13-1-4-6(15)8(17)11(20,3-22-4)12(21)9(18)7(16)5(2-14)23-10(12)19/h4-10,13-21H,1-3H2/t4-,5?,6-,7?,8+,9?,10?,11-,12?/m1/s1.